The molecule has 0 aliphatic carbocycles. The summed E-state index contributed by atoms with van der Waals surface area (Å²) in [6.45, 7) is 8.20. The van der Waals surface area contributed by atoms with Crippen molar-refractivity contribution in [2.75, 3.05) is 26.2 Å². The monoisotopic (exact) mass is 329 g/mol. The maximum absolute atomic E-state index is 12.7. The SMILES string of the molecule is Cc1nc2ccc(C(=O)N3CCN(C(=O)CC(C)C)CC3)cc2o1. The zero-order valence-electron chi connectivity index (χ0n) is 14.4. The van der Waals surface area contributed by atoms with Crippen molar-refractivity contribution in [1.82, 2.24) is 14.8 Å². The van der Waals surface area contributed by atoms with E-state index in [1.54, 1.807) is 24.0 Å². The van der Waals surface area contributed by atoms with E-state index >= 15 is 0 Å². The van der Waals surface area contributed by atoms with Crippen LogP contribution in [0, 0.1) is 12.8 Å². The Bertz CT molecular complexity index is 758. The van der Waals surface area contributed by atoms with Gasteiger partial charge in [-0.15, -0.1) is 0 Å². The molecular weight excluding hydrogens is 306 g/mol. The molecule has 2 aromatic rings. The van der Waals surface area contributed by atoms with Crippen LogP contribution in [0.1, 0.15) is 36.5 Å². The number of aryl methyl sites for hydroxylation is 1. The number of carbonyl (C=O) groups excluding carboxylic acids is 2. The van der Waals surface area contributed by atoms with Crippen molar-refractivity contribution in [3.05, 3.63) is 29.7 Å². The van der Waals surface area contributed by atoms with Crippen molar-refractivity contribution in [2.24, 2.45) is 5.92 Å². The molecule has 2 heterocycles. The Hall–Kier alpha value is -2.37. The van der Waals surface area contributed by atoms with Gasteiger partial charge in [0.2, 0.25) is 5.91 Å². The van der Waals surface area contributed by atoms with Crippen molar-refractivity contribution < 1.29 is 14.0 Å². The number of amides is 2. The lowest BCUT2D eigenvalue weighted by molar-refractivity contribution is -0.133. The van der Waals surface area contributed by atoms with Crippen molar-refractivity contribution in [3.8, 4) is 0 Å². The lowest BCUT2D eigenvalue weighted by Crippen LogP contribution is -2.50. The van der Waals surface area contributed by atoms with Gasteiger partial charge in [-0.25, -0.2) is 4.98 Å². The number of oxazole rings is 1. The number of hydrogen-bond acceptors (Lipinski definition) is 4. The predicted octanol–water partition coefficient (Wildman–Crippen LogP) is 2.47. The highest BCUT2D eigenvalue weighted by molar-refractivity contribution is 5.97. The fourth-order valence-corrected chi connectivity index (χ4v) is 2.99. The Morgan fingerprint density at radius 2 is 1.83 bits per heavy atom. The molecule has 0 bridgehead atoms. The molecule has 1 aromatic carbocycles. The van der Waals surface area contributed by atoms with Gasteiger partial charge in [0.05, 0.1) is 0 Å². The summed E-state index contributed by atoms with van der Waals surface area (Å²) < 4.78 is 5.50. The van der Waals surface area contributed by atoms with Crippen LogP contribution in [0.25, 0.3) is 11.1 Å². The van der Waals surface area contributed by atoms with E-state index in [1.165, 1.54) is 0 Å². The first-order chi connectivity index (χ1) is 11.4. The molecule has 0 spiro atoms. The van der Waals surface area contributed by atoms with E-state index in [0.29, 0.717) is 55.6 Å². The summed E-state index contributed by atoms with van der Waals surface area (Å²) in [4.78, 5) is 32.7. The second-order valence-electron chi connectivity index (χ2n) is 6.69. The third-order valence-electron chi connectivity index (χ3n) is 4.24. The third kappa shape index (κ3) is 3.42. The Kier molecular flexibility index (Phi) is 4.55. The Morgan fingerprint density at radius 3 is 2.50 bits per heavy atom. The number of rotatable bonds is 3. The van der Waals surface area contributed by atoms with Crippen LogP contribution >= 0.6 is 0 Å². The molecule has 2 amide bonds. The van der Waals surface area contributed by atoms with Gasteiger partial charge in [0.25, 0.3) is 5.91 Å². The minimum atomic E-state index is -0.0260. The zero-order valence-corrected chi connectivity index (χ0v) is 14.4. The number of benzene rings is 1. The highest BCUT2D eigenvalue weighted by Crippen LogP contribution is 2.19. The van der Waals surface area contributed by atoms with Crippen molar-refractivity contribution >= 4 is 22.9 Å². The molecule has 6 heteroatoms. The minimum absolute atomic E-state index is 0.0260. The average Bonchev–Trinajstić information content (AvgIpc) is 2.92. The molecule has 1 saturated heterocycles. The summed E-state index contributed by atoms with van der Waals surface area (Å²) in [6.07, 6.45) is 0.565. The first kappa shape index (κ1) is 16.5. The number of carbonyl (C=O) groups is 2. The molecule has 0 saturated carbocycles. The van der Waals surface area contributed by atoms with Crippen LogP contribution in [-0.2, 0) is 4.79 Å². The van der Waals surface area contributed by atoms with Crippen LogP contribution in [0.4, 0.5) is 0 Å². The fraction of sp³-hybridized carbons (Fsp3) is 0.500. The molecule has 6 nitrogen and oxygen atoms in total. The number of aromatic nitrogens is 1. The fourth-order valence-electron chi connectivity index (χ4n) is 2.99. The molecule has 0 unspecified atom stereocenters. The summed E-state index contributed by atoms with van der Waals surface area (Å²) in [5.41, 5.74) is 1.98. The predicted molar refractivity (Wildman–Crippen MR) is 90.7 cm³/mol. The molecule has 1 aromatic heterocycles. The summed E-state index contributed by atoms with van der Waals surface area (Å²) in [6, 6.07) is 5.33. The van der Waals surface area contributed by atoms with Crippen LogP contribution in [-0.4, -0.2) is 52.8 Å². The number of fused-ring (bicyclic) bond motifs is 1. The largest absolute Gasteiger partial charge is 0.441 e. The van der Waals surface area contributed by atoms with Gasteiger partial charge in [-0.2, -0.15) is 0 Å². The van der Waals surface area contributed by atoms with Gasteiger partial charge >= 0.3 is 0 Å². The average molecular weight is 329 g/mol. The van der Waals surface area contributed by atoms with Crippen LogP contribution < -0.4 is 0 Å². The van der Waals surface area contributed by atoms with E-state index in [0.717, 1.165) is 5.52 Å². The summed E-state index contributed by atoms with van der Waals surface area (Å²) in [5, 5.41) is 0. The molecule has 24 heavy (non-hydrogen) atoms. The van der Waals surface area contributed by atoms with E-state index in [1.807, 2.05) is 24.8 Å². The Labute approximate surface area is 141 Å². The zero-order chi connectivity index (χ0) is 17.3. The Balaban J connectivity index is 1.64. The first-order valence-corrected chi connectivity index (χ1v) is 8.38. The highest BCUT2D eigenvalue weighted by atomic mass is 16.3. The van der Waals surface area contributed by atoms with Gasteiger partial charge in [0.1, 0.15) is 5.52 Å². The number of hydrogen-bond donors (Lipinski definition) is 0. The lowest BCUT2D eigenvalue weighted by Gasteiger charge is -2.35. The van der Waals surface area contributed by atoms with Gasteiger partial charge in [-0.05, 0) is 24.1 Å². The highest BCUT2D eigenvalue weighted by Gasteiger charge is 2.25. The molecule has 3 rings (SSSR count). The smallest absolute Gasteiger partial charge is 0.254 e. The molecule has 1 aliphatic heterocycles. The maximum atomic E-state index is 12.7. The normalized spacial score (nSPS) is 15.3. The third-order valence-corrected chi connectivity index (χ3v) is 4.24. The standard InChI is InChI=1S/C18H23N3O3/c1-12(2)10-17(22)20-6-8-21(9-7-20)18(23)14-4-5-15-16(11-14)24-13(3)19-15/h4-5,11-12H,6-10H2,1-3H3. The van der Waals surface area contributed by atoms with E-state index in [9.17, 15) is 9.59 Å². The minimum Gasteiger partial charge on any atom is -0.441 e. The quantitative estimate of drug-likeness (QED) is 0.867. The van der Waals surface area contributed by atoms with Crippen LogP contribution in [0.5, 0.6) is 0 Å². The molecule has 128 valence electrons. The van der Waals surface area contributed by atoms with Gasteiger partial charge in [0, 0.05) is 45.1 Å². The summed E-state index contributed by atoms with van der Waals surface area (Å²) in [5.74, 6) is 1.10. The number of nitrogens with zero attached hydrogens (tertiary/aromatic N) is 3. The first-order valence-electron chi connectivity index (χ1n) is 8.38. The molecule has 0 atom stereocenters. The topological polar surface area (TPSA) is 66.7 Å². The molecule has 0 N–H and O–H groups in total. The Morgan fingerprint density at radius 1 is 1.17 bits per heavy atom. The second kappa shape index (κ2) is 6.63. The van der Waals surface area contributed by atoms with Crippen molar-refractivity contribution in [3.63, 3.8) is 0 Å². The molecule has 1 aliphatic rings. The van der Waals surface area contributed by atoms with Crippen LogP contribution in [0.3, 0.4) is 0 Å². The van der Waals surface area contributed by atoms with Crippen molar-refractivity contribution in [2.45, 2.75) is 27.2 Å². The van der Waals surface area contributed by atoms with E-state index < -0.39 is 0 Å². The van der Waals surface area contributed by atoms with E-state index in [2.05, 4.69) is 4.98 Å². The van der Waals surface area contributed by atoms with E-state index in [4.69, 9.17) is 4.42 Å². The van der Waals surface area contributed by atoms with Gasteiger partial charge in [-0.1, -0.05) is 13.8 Å². The second-order valence-corrected chi connectivity index (χ2v) is 6.69. The van der Waals surface area contributed by atoms with Crippen LogP contribution in [0.2, 0.25) is 0 Å². The van der Waals surface area contributed by atoms with Crippen molar-refractivity contribution in [1.29, 1.82) is 0 Å². The molecular formula is C18H23N3O3. The van der Waals surface area contributed by atoms with Gasteiger partial charge in [-0.3, -0.25) is 9.59 Å². The van der Waals surface area contributed by atoms with Crippen LogP contribution in [0.15, 0.2) is 22.6 Å². The molecule has 0 radical (unpaired) electrons. The summed E-state index contributed by atoms with van der Waals surface area (Å²) >= 11 is 0. The van der Waals surface area contributed by atoms with E-state index in [-0.39, 0.29) is 11.8 Å². The number of piperazine rings is 1. The maximum Gasteiger partial charge on any atom is 0.254 e. The lowest BCUT2D eigenvalue weighted by atomic mass is 10.1. The van der Waals surface area contributed by atoms with Gasteiger partial charge < -0.3 is 14.2 Å². The summed E-state index contributed by atoms with van der Waals surface area (Å²) in [7, 11) is 0. The molecule has 1 fully saturated rings. The van der Waals surface area contributed by atoms with Gasteiger partial charge in [0.15, 0.2) is 11.5 Å².